The van der Waals surface area contributed by atoms with Crippen LogP contribution in [0.4, 0.5) is 4.39 Å². The summed E-state index contributed by atoms with van der Waals surface area (Å²) in [5, 5.41) is 21.9. The Kier molecular flexibility index (Phi) is 11.9. The number of amides is 1. The number of ether oxygens (including phenoxy) is 2. The summed E-state index contributed by atoms with van der Waals surface area (Å²) >= 11 is 0. The van der Waals surface area contributed by atoms with Crippen molar-refractivity contribution in [2.45, 2.75) is 30.2 Å². The summed E-state index contributed by atoms with van der Waals surface area (Å²) in [6.07, 6.45) is 2.39. The second-order valence-corrected chi connectivity index (χ2v) is 9.30. The van der Waals surface area contributed by atoms with Crippen molar-refractivity contribution in [3.05, 3.63) is 54.3 Å². The highest BCUT2D eigenvalue weighted by Gasteiger charge is 2.31. The molecule has 0 unspecified atom stereocenters. The number of nitriles is 1. The molecule has 0 spiro atoms. The number of methoxy groups -OCH3 is 1. The number of unbranched alkanes of at least 4 members (excludes halogenated alkanes) is 1. The van der Waals surface area contributed by atoms with Crippen LogP contribution in [0.25, 0.3) is 0 Å². The largest absolute Gasteiger partial charge is 0.457 e. The number of carbonyl (C=O) groups is 1. The summed E-state index contributed by atoms with van der Waals surface area (Å²) in [5.74, 6) is -1.28. The zero-order valence-electron chi connectivity index (χ0n) is 20.1. The number of halogens is 1. The zero-order chi connectivity index (χ0) is 27.3. The molecule has 0 saturated carbocycles. The Morgan fingerprint density at radius 2 is 1.81 bits per heavy atom. The van der Waals surface area contributed by atoms with Gasteiger partial charge in [0, 0.05) is 13.7 Å². The van der Waals surface area contributed by atoms with Gasteiger partial charge in [-0.25, -0.2) is 12.8 Å². The van der Waals surface area contributed by atoms with E-state index in [0.29, 0.717) is 30.9 Å². The first-order valence-corrected chi connectivity index (χ1v) is 12.7. The van der Waals surface area contributed by atoms with Crippen LogP contribution >= 0.6 is 0 Å². The van der Waals surface area contributed by atoms with E-state index in [9.17, 15) is 22.8 Å². The van der Waals surface area contributed by atoms with Gasteiger partial charge < -0.3 is 20.5 Å². The maximum absolute atomic E-state index is 13.1. The lowest BCUT2D eigenvalue weighted by Crippen LogP contribution is -2.52. The number of hydrogen-bond acceptors (Lipinski definition) is 9. The van der Waals surface area contributed by atoms with E-state index in [1.54, 1.807) is 0 Å². The highest BCUT2D eigenvalue weighted by molar-refractivity contribution is 7.89. The van der Waals surface area contributed by atoms with Gasteiger partial charge in [0.2, 0.25) is 22.2 Å². The lowest BCUT2D eigenvalue weighted by molar-refractivity contribution is -0.152. The van der Waals surface area contributed by atoms with Crippen molar-refractivity contribution in [1.29, 1.82) is 5.26 Å². The molecule has 0 saturated heterocycles. The van der Waals surface area contributed by atoms with Crippen LogP contribution in [0.15, 0.2) is 58.4 Å². The van der Waals surface area contributed by atoms with Gasteiger partial charge in [-0.2, -0.15) is 15.0 Å². The van der Waals surface area contributed by atoms with Gasteiger partial charge in [0.15, 0.2) is 0 Å². The van der Waals surface area contributed by atoms with E-state index >= 15 is 0 Å². The zero-order valence-corrected chi connectivity index (χ0v) is 20.9. The van der Waals surface area contributed by atoms with E-state index in [0.717, 1.165) is 0 Å². The number of benzene rings is 2. The first kappa shape index (κ1) is 29.6. The fraction of sp³-hybridized carbons (Fsp3) is 0.348. The lowest BCUT2D eigenvalue weighted by atomic mass is 10.1. The quantitative estimate of drug-likeness (QED) is 0.0740. The SMILES string of the molecule is COCCN/C(=N/C#N)N(O)C(=O)[C@@H](CCCCN)NS(=O)(=O)c1ccc(Oc2ccc(F)cc2)cc1. The number of rotatable bonds is 13. The van der Waals surface area contributed by atoms with Crippen LogP contribution in [0.5, 0.6) is 11.5 Å². The molecule has 0 aliphatic rings. The summed E-state index contributed by atoms with van der Waals surface area (Å²) in [6, 6.07) is 9.26. The first-order chi connectivity index (χ1) is 17.7. The molecule has 0 aliphatic carbocycles. The molecular weight excluding hydrogens is 507 g/mol. The molecular formula is C23H29FN6O6S. The number of nitrogens with one attached hydrogen (secondary N) is 2. The van der Waals surface area contributed by atoms with E-state index in [-0.39, 0.29) is 29.5 Å². The Morgan fingerprint density at radius 1 is 1.19 bits per heavy atom. The van der Waals surface area contributed by atoms with Crippen molar-refractivity contribution < 1.29 is 32.3 Å². The van der Waals surface area contributed by atoms with Crippen molar-refractivity contribution in [2.75, 3.05) is 26.8 Å². The second kappa shape index (κ2) is 14.8. The van der Waals surface area contributed by atoms with E-state index < -0.39 is 33.7 Å². The number of nitrogens with two attached hydrogens (primary N) is 1. The summed E-state index contributed by atoms with van der Waals surface area (Å²) in [4.78, 5) is 16.2. The van der Waals surface area contributed by atoms with E-state index in [4.69, 9.17) is 20.5 Å². The van der Waals surface area contributed by atoms with Crippen molar-refractivity contribution >= 4 is 21.9 Å². The molecule has 2 aromatic rings. The Labute approximate surface area is 214 Å². The third kappa shape index (κ3) is 9.41. The summed E-state index contributed by atoms with van der Waals surface area (Å²) in [5.41, 5.74) is 5.51. The summed E-state index contributed by atoms with van der Waals surface area (Å²) in [7, 11) is -2.78. The van der Waals surface area contributed by atoms with Crippen LogP contribution in [-0.2, 0) is 19.6 Å². The average Bonchev–Trinajstić information content (AvgIpc) is 2.88. The fourth-order valence-electron chi connectivity index (χ4n) is 3.03. The fourth-order valence-corrected chi connectivity index (χ4v) is 4.26. The summed E-state index contributed by atoms with van der Waals surface area (Å²) in [6.45, 7) is 0.642. The molecule has 14 heteroatoms. The van der Waals surface area contributed by atoms with Gasteiger partial charge in [-0.15, -0.1) is 4.99 Å². The first-order valence-electron chi connectivity index (χ1n) is 11.2. The van der Waals surface area contributed by atoms with Gasteiger partial charge in [-0.3, -0.25) is 10.0 Å². The second-order valence-electron chi connectivity index (χ2n) is 7.59. The molecule has 5 N–H and O–H groups in total. The number of nitrogens with zero attached hydrogens (tertiary/aromatic N) is 3. The van der Waals surface area contributed by atoms with Crippen molar-refractivity contribution in [3.63, 3.8) is 0 Å². The maximum atomic E-state index is 13.1. The number of hydroxylamine groups is 2. The molecule has 12 nitrogen and oxygen atoms in total. The molecule has 0 aromatic heterocycles. The van der Waals surface area contributed by atoms with E-state index in [1.807, 2.05) is 0 Å². The van der Waals surface area contributed by atoms with Gasteiger partial charge in [0.05, 0.1) is 11.5 Å². The minimum atomic E-state index is -4.22. The Balaban J connectivity index is 2.19. The number of aliphatic imine (C=N–C) groups is 1. The minimum Gasteiger partial charge on any atom is -0.457 e. The Morgan fingerprint density at radius 3 is 2.38 bits per heavy atom. The smallest absolute Gasteiger partial charge is 0.271 e. The highest BCUT2D eigenvalue weighted by Crippen LogP contribution is 2.23. The predicted molar refractivity (Wildman–Crippen MR) is 131 cm³/mol. The van der Waals surface area contributed by atoms with Gasteiger partial charge in [-0.1, -0.05) is 6.42 Å². The van der Waals surface area contributed by atoms with Gasteiger partial charge in [-0.05, 0) is 67.9 Å². The molecule has 0 bridgehead atoms. The van der Waals surface area contributed by atoms with E-state index in [2.05, 4.69) is 15.0 Å². The van der Waals surface area contributed by atoms with Gasteiger partial charge in [0.25, 0.3) is 5.91 Å². The van der Waals surface area contributed by atoms with Crippen molar-refractivity contribution in [2.24, 2.45) is 10.7 Å². The van der Waals surface area contributed by atoms with Crippen molar-refractivity contribution in [3.8, 4) is 17.7 Å². The number of hydrogen-bond donors (Lipinski definition) is 4. The number of carbonyl (C=O) groups excluding carboxylic acids is 1. The third-order valence-corrected chi connectivity index (χ3v) is 6.37. The van der Waals surface area contributed by atoms with Crippen LogP contribution in [0.2, 0.25) is 0 Å². The van der Waals surface area contributed by atoms with Crippen molar-refractivity contribution in [1.82, 2.24) is 15.1 Å². The van der Waals surface area contributed by atoms with Crippen LogP contribution in [0.3, 0.4) is 0 Å². The van der Waals surface area contributed by atoms with Crippen LogP contribution in [-0.4, -0.2) is 63.4 Å². The van der Waals surface area contributed by atoms with Gasteiger partial charge >= 0.3 is 0 Å². The molecule has 0 fully saturated rings. The van der Waals surface area contributed by atoms with Crippen LogP contribution in [0, 0.1) is 17.3 Å². The van der Waals surface area contributed by atoms with E-state index in [1.165, 1.54) is 61.8 Å². The molecule has 200 valence electrons. The molecule has 2 aromatic carbocycles. The highest BCUT2D eigenvalue weighted by atomic mass is 32.2. The summed E-state index contributed by atoms with van der Waals surface area (Å²) < 4.78 is 51.9. The molecule has 1 atom stereocenters. The third-order valence-electron chi connectivity index (χ3n) is 4.88. The lowest BCUT2D eigenvalue weighted by Gasteiger charge is -2.23. The normalized spacial score (nSPS) is 12.5. The Hall–Kier alpha value is -3.61. The standard InChI is InChI=1S/C23H29FN6O6S/c1-35-15-14-27-23(28-16-26)30(32)22(31)21(4-2-3-13-25)29-37(33,34)20-11-9-19(10-12-20)36-18-7-5-17(24)6-8-18/h5-12,21,29,32H,2-4,13-15,25H2,1H3,(H,27,28)/t21-/m1/s1. The molecule has 37 heavy (non-hydrogen) atoms. The van der Waals surface area contributed by atoms with Crippen LogP contribution < -0.4 is 20.5 Å². The molecule has 0 radical (unpaired) electrons. The minimum absolute atomic E-state index is 0.0238. The number of guanidine groups is 1. The predicted octanol–water partition coefficient (Wildman–Crippen LogP) is 1.68. The molecule has 0 heterocycles. The molecule has 2 rings (SSSR count). The number of sulfonamides is 1. The molecule has 0 aliphatic heterocycles. The monoisotopic (exact) mass is 536 g/mol. The topological polar surface area (TPSA) is 179 Å². The Bertz CT molecular complexity index is 1190. The van der Waals surface area contributed by atoms with Crippen LogP contribution in [0.1, 0.15) is 19.3 Å². The molecule has 1 amide bonds. The van der Waals surface area contributed by atoms with Gasteiger partial charge in [0.1, 0.15) is 23.4 Å². The average molecular weight is 537 g/mol. The maximum Gasteiger partial charge on any atom is 0.271 e.